The van der Waals surface area contributed by atoms with E-state index in [-0.39, 0.29) is 11.9 Å². The van der Waals surface area contributed by atoms with E-state index in [9.17, 15) is 4.79 Å². The first kappa shape index (κ1) is 16.2. The Morgan fingerprint density at radius 3 is 2.38 bits per heavy atom. The van der Waals surface area contributed by atoms with Crippen molar-refractivity contribution in [2.24, 2.45) is 0 Å². The minimum atomic E-state index is -0.126. The number of nitrogens with zero attached hydrogens (tertiary/aromatic N) is 3. The van der Waals surface area contributed by atoms with Gasteiger partial charge >= 0.3 is 0 Å². The van der Waals surface area contributed by atoms with Crippen LogP contribution in [0.2, 0.25) is 5.02 Å². The summed E-state index contributed by atoms with van der Waals surface area (Å²) >= 11 is 5.89. The summed E-state index contributed by atoms with van der Waals surface area (Å²) < 4.78 is 1.72. The fraction of sp³-hybridized carbons (Fsp3) is 0.167. The van der Waals surface area contributed by atoms with Crippen molar-refractivity contribution in [1.29, 1.82) is 0 Å². The number of carbonyl (C=O) groups is 1. The van der Waals surface area contributed by atoms with E-state index in [0.29, 0.717) is 10.6 Å². The highest BCUT2D eigenvalue weighted by Gasteiger charge is 2.12. The van der Waals surface area contributed by atoms with Gasteiger partial charge in [-0.2, -0.15) is 0 Å². The van der Waals surface area contributed by atoms with Gasteiger partial charge in [-0.1, -0.05) is 28.9 Å². The zero-order valence-corrected chi connectivity index (χ0v) is 14.2. The molecule has 0 aliphatic heterocycles. The lowest BCUT2D eigenvalue weighted by atomic mass is 10.1. The van der Waals surface area contributed by atoms with Crippen molar-refractivity contribution in [3.63, 3.8) is 0 Å². The molecule has 0 unspecified atom stereocenters. The van der Waals surface area contributed by atoms with Gasteiger partial charge in [0.1, 0.15) is 0 Å². The van der Waals surface area contributed by atoms with Gasteiger partial charge in [0.2, 0.25) is 0 Å². The maximum Gasteiger partial charge on any atom is 0.251 e. The van der Waals surface area contributed by atoms with Crippen molar-refractivity contribution < 1.29 is 4.79 Å². The second kappa shape index (κ2) is 6.84. The predicted octanol–water partition coefficient (Wildman–Crippen LogP) is 3.72. The average Bonchev–Trinajstić information content (AvgIpc) is 3.01. The first-order chi connectivity index (χ1) is 11.5. The molecule has 6 heteroatoms. The fourth-order valence-electron chi connectivity index (χ4n) is 2.41. The maximum atomic E-state index is 12.4. The van der Waals surface area contributed by atoms with Crippen LogP contribution in [0.4, 0.5) is 0 Å². The molecule has 24 heavy (non-hydrogen) atoms. The first-order valence-electron chi connectivity index (χ1n) is 7.58. The number of amides is 1. The molecule has 0 spiro atoms. The lowest BCUT2D eigenvalue weighted by Gasteiger charge is -2.14. The van der Waals surface area contributed by atoms with E-state index in [4.69, 9.17) is 11.6 Å². The van der Waals surface area contributed by atoms with E-state index in [0.717, 1.165) is 16.9 Å². The molecule has 0 fully saturated rings. The zero-order chi connectivity index (χ0) is 17.1. The van der Waals surface area contributed by atoms with Gasteiger partial charge in [0.25, 0.3) is 5.91 Å². The van der Waals surface area contributed by atoms with Crippen LogP contribution in [0.15, 0.2) is 54.7 Å². The molecule has 2 aromatic carbocycles. The summed E-state index contributed by atoms with van der Waals surface area (Å²) in [5.74, 6) is -0.126. The van der Waals surface area contributed by atoms with Crippen LogP contribution >= 0.6 is 11.6 Å². The van der Waals surface area contributed by atoms with Gasteiger partial charge in [0, 0.05) is 10.6 Å². The zero-order valence-electron chi connectivity index (χ0n) is 13.4. The van der Waals surface area contributed by atoms with Gasteiger partial charge < -0.3 is 5.32 Å². The molecule has 3 aromatic rings. The molecule has 1 atom stereocenters. The van der Waals surface area contributed by atoms with Gasteiger partial charge in [-0.05, 0) is 55.8 Å². The number of nitrogens with one attached hydrogen (secondary N) is 1. The summed E-state index contributed by atoms with van der Waals surface area (Å²) in [7, 11) is 0. The van der Waals surface area contributed by atoms with Crippen molar-refractivity contribution in [3.8, 4) is 5.69 Å². The lowest BCUT2D eigenvalue weighted by Crippen LogP contribution is -2.26. The number of benzene rings is 2. The Hall–Kier alpha value is -2.66. The van der Waals surface area contributed by atoms with Gasteiger partial charge in [-0.25, -0.2) is 4.68 Å². The average molecular weight is 341 g/mol. The highest BCUT2D eigenvalue weighted by Crippen LogP contribution is 2.17. The number of rotatable bonds is 4. The van der Waals surface area contributed by atoms with Gasteiger partial charge in [-0.3, -0.25) is 4.79 Å². The second-order valence-electron chi connectivity index (χ2n) is 5.58. The normalized spacial score (nSPS) is 12.0. The molecule has 1 aromatic heterocycles. The fourth-order valence-corrected chi connectivity index (χ4v) is 2.54. The van der Waals surface area contributed by atoms with Crippen LogP contribution in [-0.2, 0) is 0 Å². The van der Waals surface area contributed by atoms with Crippen molar-refractivity contribution in [1.82, 2.24) is 20.3 Å². The number of hydrogen-bond acceptors (Lipinski definition) is 3. The monoisotopic (exact) mass is 340 g/mol. The van der Waals surface area contributed by atoms with Crippen LogP contribution in [0.1, 0.15) is 34.6 Å². The Morgan fingerprint density at radius 2 is 1.79 bits per heavy atom. The SMILES string of the molecule is Cc1cnnn1-c1ccc(C(=O)N[C@H](C)c2ccc(Cl)cc2)cc1. The number of hydrogen-bond donors (Lipinski definition) is 1. The topological polar surface area (TPSA) is 59.8 Å². The van der Waals surface area contributed by atoms with Crippen LogP contribution in [0.5, 0.6) is 0 Å². The lowest BCUT2D eigenvalue weighted by molar-refractivity contribution is 0.0940. The largest absolute Gasteiger partial charge is 0.346 e. The summed E-state index contributed by atoms with van der Waals surface area (Å²) in [6.07, 6.45) is 1.69. The van der Waals surface area contributed by atoms with Crippen LogP contribution in [0.25, 0.3) is 5.69 Å². The molecular weight excluding hydrogens is 324 g/mol. The van der Waals surface area contributed by atoms with E-state index < -0.39 is 0 Å². The molecular formula is C18H17ClN4O. The van der Waals surface area contributed by atoms with Crippen molar-refractivity contribution >= 4 is 17.5 Å². The van der Waals surface area contributed by atoms with Crippen LogP contribution in [-0.4, -0.2) is 20.9 Å². The standard InChI is InChI=1S/C18H17ClN4O/c1-12-11-20-22-23(12)17-9-5-15(6-10-17)18(24)21-13(2)14-3-7-16(19)8-4-14/h3-11,13H,1-2H3,(H,21,24)/t13-/m1/s1. The van der Waals surface area contributed by atoms with Crippen molar-refractivity contribution in [2.75, 3.05) is 0 Å². The Kier molecular flexibility index (Phi) is 4.62. The van der Waals surface area contributed by atoms with Crippen molar-refractivity contribution in [2.45, 2.75) is 19.9 Å². The van der Waals surface area contributed by atoms with E-state index in [2.05, 4.69) is 15.6 Å². The summed E-state index contributed by atoms with van der Waals surface area (Å²) in [5, 5.41) is 11.5. The Bertz CT molecular complexity index is 840. The summed E-state index contributed by atoms with van der Waals surface area (Å²) in [6.45, 7) is 3.86. The van der Waals surface area contributed by atoms with Crippen LogP contribution in [0.3, 0.4) is 0 Å². The minimum absolute atomic E-state index is 0.105. The molecule has 0 saturated heterocycles. The third-order valence-corrected chi connectivity index (χ3v) is 4.06. The summed E-state index contributed by atoms with van der Waals surface area (Å²) in [5.41, 5.74) is 3.40. The van der Waals surface area contributed by atoms with Gasteiger partial charge in [0.05, 0.1) is 23.6 Å². The predicted molar refractivity (Wildman–Crippen MR) is 93.4 cm³/mol. The molecule has 1 N–H and O–H groups in total. The van der Waals surface area contributed by atoms with Gasteiger partial charge in [0.15, 0.2) is 0 Å². The molecule has 0 aliphatic carbocycles. The Morgan fingerprint density at radius 1 is 1.12 bits per heavy atom. The molecule has 0 radical (unpaired) electrons. The van der Waals surface area contributed by atoms with Crippen LogP contribution in [0, 0.1) is 6.92 Å². The molecule has 1 heterocycles. The third-order valence-electron chi connectivity index (χ3n) is 3.81. The molecule has 5 nitrogen and oxygen atoms in total. The molecule has 0 aliphatic rings. The van der Waals surface area contributed by atoms with E-state index in [1.165, 1.54) is 0 Å². The molecule has 3 rings (SSSR count). The molecule has 0 bridgehead atoms. The Labute approximate surface area is 145 Å². The Balaban J connectivity index is 1.71. The highest BCUT2D eigenvalue weighted by atomic mass is 35.5. The second-order valence-corrected chi connectivity index (χ2v) is 6.02. The van der Waals surface area contributed by atoms with E-state index >= 15 is 0 Å². The molecule has 1 amide bonds. The van der Waals surface area contributed by atoms with Gasteiger partial charge in [-0.15, -0.1) is 5.10 Å². The third kappa shape index (κ3) is 3.46. The minimum Gasteiger partial charge on any atom is -0.346 e. The maximum absolute atomic E-state index is 12.4. The molecule has 0 saturated carbocycles. The van der Waals surface area contributed by atoms with E-state index in [1.807, 2.05) is 50.2 Å². The number of halogens is 1. The smallest absolute Gasteiger partial charge is 0.251 e. The summed E-state index contributed by atoms with van der Waals surface area (Å²) in [6, 6.07) is 14.6. The number of carbonyl (C=O) groups excluding carboxylic acids is 1. The van der Waals surface area contributed by atoms with Crippen LogP contribution < -0.4 is 5.32 Å². The first-order valence-corrected chi connectivity index (χ1v) is 7.96. The molecule has 122 valence electrons. The number of aryl methyl sites for hydroxylation is 1. The highest BCUT2D eigenvalue weighted by molar-refractivity contribution is 6.30. The number of aromatic nitrogens is 3. The van der Waals surface area contributed by atoms with Crippen molar-refractivity contribution in [3.05, 3.63) is 76.6 Å². The summed E-state index contributed by atoms with van der Waals surface area (Å²) in [4.78, 5) is 12.4. The van der Waals surface area contributed by atoms with E-state index in [1.54, 1.807) is 23.0 Å². The quantitative estimate of drug-likeness (QED) is 0.787.